The summed E-state index contributed by atoms with van der Waals surface area (Å²) in [6, 6.07) is 2.94. The summed E-state index contributed by atoms with van der Waals surface area (Å²) in [6.45, 7) is 0. The molecule has 0 saturated carbocycles. The maximum absolute atomic E-state index is 12.1. The average Bonchev–Trinajstić information content (AvgIpc) is 2.27. The number of hydrogen-bond acceptors (Lipinski definition) is 3. The molecule has 0 fully saturated rings. The number of nitrogens with zero attached hydrogens (tertiary/aromatic N) is 1. The SMILES string of the molecule is COc1c(CCl)cc(Cl)cc1S(=O)(=O)N(C)C. The highest BCUT2D eigenvalue weighted by molar-refractivity contribution is 7.89. The number of ether oxygens (including phenoxy) is 1. The minimum atomic E-state index is -3.61. The maximum Gasteiger partial charge on any atom is 0.246 e. The molecule has 0 unspecified atom stereocenters. The van der Waals surface area contributed by atoms with Crippen molar-refractivity contribution in [2.24, 2.45) is 0 Å². The molecule has 1 aromatic rings. The van der Waals surface area contributed by atoms with Crippen LogP contribution >= 0.6 is 23.2 Å². The number of alkyl halides is 1. The largest absolute Gasteiger partial charge is 0.495 e. The van der Waals surface area contributed by atoms with Gasteiger partial charge in [0, 0.05) is 24.7 Å². The average molecular weight is 298 g/mol. The van der Waals surface area contributed by atoms with E-state index in [4.69, 9.17) is 27.9 Å². The van der Waals surface area contributed by atoms with Gasteiger partial charge in [-0.2, -0.15) is 0 Å². The summed E-state index contributed by atoms with van der Waals surface area (Å²) in [6.07, 6.45) is 0. The van der Waals surface area contributed by atoms with Gasteiger partial charge in [-0.05, 0) is 12.1 Å². The number of benzene rings is 1. The Balaban J connectivity index is 3.58. The number of sulfonamides is 1. The van der Waals surface area contributed by atoms with Crippen molar-refractivity contribution in [3.8, 4) is 5.75 Å². The Morgan fingerprint density at radius 2 is 1.94 bits per heavy atom. The molecule has 7 heteroatoms. The van der Waals surface area contributed by atoms with Gasteiger partial charge in [-0.1, -0.05) is 11.6 Å². The molecule has 1 rings (SSSR count). The molecule has 0 radical (unpaired) electrons. The first kappa shape index (κ1) is 14.6. The van der Waals surface area contributed by atoms with Crippen molar-refractivity contribution in [1.29, 1.82) is 0 Å². The maximum atomic E-state index is 12.1. The van der Waals surface area contributed by atoms with E-state index in [9.17, 15) is 8.42 Å². The lowest BCUT2D eigenvalue weighted by molar-refractivity contribution is 0.396. The summed E-state index contributed by atoms with van der Waals surface area (Å²) in [5.41, 5.74) is 0.544. The Kier molecular flexibility index (Phi) is 4.66. The van der Waals surface area contributed by atoms with Gasteiger partial charge in [0.05, 0.1) is 13.0 Å². The van der Waals surface area contributed by atoms with Crippen LogP contribution in [0.2, 0.25) is 5.02 Å². The molecule has 17 heavy (non-hydrogen) atoms. The van der Waals surface area contributed by atoms with E-state index in [1.165, 1.54) is 27.3 Å². The Morgan fingerprint density at radius 3 is 2.35 bits per heavy atom. The third kappa shape index (κ3) is 2.85. The predicted molar refractivity (Wildman–Crippen MR) is 68.4 cm³/mol. The molecule has 0 aliphatic carbocycles. The van der Waals surface area contributed by atoms with E-state index in [0.29, 0.717) is 10.6 Å². The number of halogens is 2. The van der Waals surface area contributed by atoms with E-state index < -0.39 is 10.0 Å². The minimum Gasteiger partial charge on any atom is -0.495 e. The summed E-state index contributed by atoms with van der Waals surface area (Å²) in [7, 11) is 0.668. The quantitative estimate of drug-likeness (QED) is 0.802. The van der Waals surface area contributed by atoms with Crippen LogP contribution < -0.4 is 4.74 Å². The van der Waals surface area contributed by atoms with Crippen LogP contribution in [0.1, 0.15) is 5.56 Å². The molecular weight excluding hydrogens is 285 g/mol. The highest BCUT2D eigenvalue weighted by Gasteiger charge is 2.24. The molecule has 96 valence electrons. The predicted octanol–water partition coefficient (Wildman–Crippen LogP) is 2.34. The zero-order valence-corrected chi connectivity index (χ0v) is 12.0. The summed E-state index contributed by atoms with van der Waals surface area (Å²) in [5, 5.41) is 0.307. The Bertz CT molecular complexity index is 515. The Labute approximate surface area is 111 Å². The molecule has 0 N–H and O–H groups in total. The minimum absolute atomic E-state index is 0.0214. The third-order valence-electron chi connectivity index (χ3n) is 2.20. The van der Waals surface area contributed by atoms with Crippen LogP contribution in [-0.2, 0) is 15.9 Å². The van der Waals surface area contributed by atoms with Gasteiger partial charge in [-0.25, -0.2) is 12.7 Å². The second kappa shape index (κ2) is 5.44. The van der Waals surface area contributed by atoms with Gasteiger partial charge in [0.1, 0.15) is 10.6 Å². The number of hydrogen-bond donors (Lipinski definition) is 0. The molecular formula is C10H13Cl2NO3S. The van der Waals surface area contributed by atoms with E-state index in [-0.39, 0.29) is 16.5 Å². The molecule has 1 aromatic carbocycles. The zero-order valence-electron chi connectivity index (χ0n) is 9.70. The van der Waals surface area contributed by atoms with Gasteiger partial charge >= 0.3 is 0 Å². The third-order valence-corrected chi connectivity index (χ3v) is 4.53. The number of rotatable bonds is 4. The van der Waals surface area contributed by atoms with Crippen molar-refractivity contribution < 1.29 is 13.2 Å². The van der Waals surface area contributed by atoms with Crippen LogP contribution in [0.4, 0.5) is 0 Å². The van der Waals surface area contributed by atoms with E-state index in [1.807, 2.05) is 0 Å². The molecule has 0 saturated heterocycles. The van der Waals surface area contributed by atoms with Crippen molar-refractivity contribution in [2.45, 2.75) is 10.8 Å². The summed E-state index contributed by atoms with van der Waals surface area (Å²) in [5.74, 6) is 0.359. The van der Waals surface area contributed by atoms with Crippen LogP contribution in [0.3, 0.4) is 0 Å². The van der Waals surface area contributed by atoms with E-state index >= 15 is 0 Å². The molecule has 0 aliphatic heterocycles. The summed E-state index contributed by atoms with van der Waals surface area (Å²) in [4.78, 5) is 0.0214. The molecule has 0 amide bonds. The first-order chi connectivity index (χ1) is 7.84. The Morgan fingerprint density at radius 1 is 1.35 bits per heavy atom. The summed E-state index contributed by atoms with van der Waals surface area (Å²) < 4.78 is 30.4. The zero-order chi connectivity index (χ0) is 13.2. The van der Waals surface area contributed by atoms with E-state index in [0.717, 1.165) is 4.31 Å². The van der Waals surface area contributed by atoms with Crippen molar-refractivity contribution in [3.63, 3.8) is 0 Å². The summed E-state index contributed by atoms with van der Waals surface area (Å²) >= 11 is 11.6. The normalized spacial score (nSPS) is 11.9. The standard InChI is InChI=1S/C10H13Cl2NO3S/c1-13(2)17(14,15)9-5-8(12)4-7(6-11)10(9)16-3/h4-5H,6H2,1-3H3. The lowest BCUT2D eigenvalue weighted by Gasteiger charge is -2.16. The lowest BCUT2D eigenvalue weighted by atomic mass is 10.2. The highest BCUT2D eigenvalue weighted by Crippen LogP contribution is 2.33. The van der Waals surface area contributed by atoms with Crippen molar-refractivity contribution in [2.75, 3.05) is 21.2 Å². The lowest BCUT2D eigenvalue weighted by Crippen LogP contribution is -2.23. The van der Waals surface area contributed by atoms with Gasteiger partial charge < -0.3 is 4.74 Å². The topological polar surface area (TPSA) is 46.6 Å². The first-order valence-corrected chi connectivity index (χ1v) is 7.04. The fourth-order valence-corrected chi connectivity index (χ4v) is 2.96. The fourth-order valence-electron chi connectivity index (χ4n) is 1.34. The van der Waals surface area contributed by atoms with Crippen LogP contribution in [0, 0.1) is 0 Å². The van der Waals surface area contributed by atoms with Gasteiger partial charge in [0.25, 0.3) is 0 Å². The van der Waals surface area contributed by atoms with Crippen LogP contribution in [0.15, 0.2) is 17.0 Å². The van der Waals surface area contributed by atoms with Crippen LogP contribution in [0.5, 0.6) is 5.75 Å². The molecule has 0 aromatic heterocycles. The van der Waals surface area contributed by atoms with E-state index in [1.54, 1.807) is 6.07 Å². The van der Waals surface area contributed by atoms with Crippen molar-refractivity contribution >= 4 is 33.2 Å². The first-order valence-electron chi connectivity index (χ1n) is 4.69. The molecule has 0 spiro atoms. The van der Waals surface area contributed by atoms with Gasteiger partial charge in [0.15, 0.2) is 0 Å². The monoisotopic (exact) mass is 297 g/mol. The van der Waals surface area contributed by atoms with Crippen LogP contribution in [0.25, 0.3) is 0 Å². The molecule has 0 atom stereocenters. The fraction of sp³-hybridized carbons (Fsp3) is 0.400. The molecule has 0 heterocycles. The van der Waals surface area contributed by atoms with E-state index in [2.05, 4.69) is 0 Å². The molecule has 0 aliphatic rings. The van der Waals surface area contributed by atoms with Gasteiger partial charge in [-0.15, -0.1) is 11.6 Å². The van der Waals surface area contributed by atoms with Crippen molar-refractivity contribution in [1.82, 2.24) is 4.31 Å². The molecule has 0 bridgehead atoms. The second-order valence-corrected chi connectivity index (χ2v) is 6.34. The number of methoxy groups -OCH3 is 1. The second-order valence-electron chi connectivity index (χ2n) is 3.52. The van der Waals surface area contributed by atoms with Gasteiger partial charge in [-0.3, -0.25) is 0 Å². The molecule has 4 nitrogen and oxygen atoms in total. The Hall–Kier alpha value is -0.490. The van der Waals surface area contributed by atoms with Crippen molar-refractivity contribution in [3.05, 3.63) is 22.7 Å². The van der Waals surface area contributed by atoms with Crippen LogP contribution in [-0.4, -0.2) is 33.9 Å². The highest BCUT2D eigenvalue weighted by atomic mass is 35.5. The van der Waals surface area contributed by atoms with Gasteiger partial charge in [0.2, 0.25) is 10.0 Å². The smallest absolute Gasteiger partial charge is 0.246 e.